The molecule has 23 heavy (non-hydrogen) atoms. The first-order valence-corrected chi connectivity index (χ1v) is 7.85. The maximum absolute atomic E-state index is 4.45. The molecule has 2 aromatic heterocycles. The molecule has 1 atom stereocenters. The number of aromatic nitrogens is 2. The molecular formula is C20H21N3. The largest absolute Gasteiger partial charge is 0.294 e. The van der Waals surface area contributed by atoms with Crippen molar-refractivity contribution in [1.82, 2.24) is 14.9 Å². The summed E-state index contributed by atoms with van der Waals surface area (Å²) >= 11 is 0. The van der Waals surface area contributed by atoms with Gasteiger partial charge >= 0.3 is 0 Å². The summed E-state index contributed by atoms with van der Waals surface area (Å²) in [5, 5.41) is 0. The predicted octanol–water partition coefficient (Wildman–Crippen LogP) is 4.34. The van der Waals surface area contributed by atoms with E-state index in [1.54, 1.807) is 0 Å². The molecule has 3 aromatic rings. The van der Waals surface area contributed by atoms with Crippen LogP contribution < -0.4 is 0 Å². The van der Waals surface area contributed by atoms with Crippen molar-refractivity contribution in [2.75, 3.05) is 7.05 Å². The van der Waals surface area contributed by atoms with Crippen LogP contribution in [-0.4, -0.2) is 21.9 Å². The molecule has 116 valence electrons. The van der Waals surface area contributed by atoms with Crippen LogP contribution in [0.5, 0.6) is 0 Å². The monoisotopic (exact) mass is 303 g/mol. The third kappa shape index (κ3) is 3.82. The van der Waals surface area contributed by atoms with Crippen LogP contribution >= 0.6 is 0 Å². The molecule has 0 N–H and O–H groups in total. The summed E-state index contributed by atoms with van der Waals surface area (Å²) in [7, 11) is 2.13. The van der Waals surface area contributed by atoms with Gasteiger partial charge in [0, 0.05) is 30.5 Å². The molecule has 2 heterocycles. The fraction of sp³-hybridized carbons (Fsp3) is 0.200. The highest BCUT2D eigenvalue weighted by atomic mass is 15.1. The molecule has 0 aliphatic rings. The molecule has 0 fully saturated rings. The zero-order valence-corrected chi connectivity index (χ0v) is 13.6. The second-order valence-corrected chi connectivity index (χ2v) is 5.76. The van der Waals surface area contributed by atoms with E-state index >= 15 is 0 Å². The van der Waals surface area contributed by atoms with Crippen LogP contribution in [0.25, 0.3) is 11.3 Å². The molecule has 0 unspecified atom stereocenters. The van der Waals surface area contributed by atoms with Crippen molar-refractivity contribution in [1.29, 1.82) is 0 Å². The van der Waals surface area contributed by atoms with Gasteiger partial charge in [-0.25, -0.2) is 0 Å². The Morgan fingerprint density at radius 1 is 0.870 bits per heavy atom. The summed E-state index contributed by atoms with van der Waals surface area (Å²) < 4.78 is 0. The Morgan fingerprint density at radius 3 is 2.17 bits per heavy atom. The van der Waals surface area contributed by atoms with Crippen molar-refractivity contribution in [2.24, 2.45) is 0 Å². The topological polar surface area (TPSA) is 29.0 Å². The van der Waals surface area contributed by atoms with E-state index in [1.807, 2.05) is 42.7 Å². The minimum Gasteiger partial charge on any atom is -0.294 e. The van der Waals surface area contributed by atoms with Crippen molar-refractivity contribution in [2.45, 2.75) is 19.5 Å². The highest BCUT2D eigenvalue weighted by Gasteiger charge is 2.12. The van der Waals surface area contributed by atoms with Crippen molar-refractivity contribution < 1.29 is 0 Å². The maximum atomic E-state index is 4.45. The molecule has 0 aliphatic heterocycles. The standard InChI is InChI=1S/C20H21N3/c1-16(19-7-3-5-13-21-19)23(2)15-17-9-11-18(12-10-17)20-8-4-6-14-22-20/h3-14,16H,15H2,1-2H3/t16-/m0/s1. The zero-order chi connectivity index (χ0) is 16.1. The number of nitrogens with zero attached hydrogens (tertiary/aromatic N) is 3. The van der Waals surface area contributed by atoms with Crippen LogP contribution in [0.1, 0.15) is 24.2 Å². The molecular weight excluding hydrogens is 282 g/mol. The van der Waals surface area contributed by atoms with E-state index in [0.29, 0.717) is 0 Å². The second kappa shape index (κ2) is 7.16. The summed E-state index contributed by atoms with van der Waals surface area (Å²) in [6.07, 6.45) is 3.67. The molecule has 0 saturated carbocycles. The van der Waals surface area contributed by atoms with Gasteiger partial charge in [0.15, 0.2) is 0 Å². The normalized spacial score (nSPS) is 12.3. The number of benzene rings is 1. The highest BCUT2D eigenvalue weighted by Crippen LogP contribution is 2.21. The van der Waals surface area contributed by atoms with Gasteiger partial charge in [-0.1, -0.05) is 36.4 Å². The first-order chi connectivity index (χ1) is 11.2. The van der Waals surface area contributed by atoms with Crippen LogP contribution in [0.4, 0.5) is 0 Å². The summed E-state index contributed by atoms with van der Waals surface area (Å²) in [6.45, 7) is 3.07. The molecule has 0 saturated heterocycles. The predicted molar refractivity (Wildman–Crippen MR) is 93.8 cm³/mol. The molecule has 3 heteroatoms. The van der Waals surface area contributed by atoms with Crippen molar-refractivity contribution in [3.05, 3.63) is 84.3 Å². The van der Waals surface area contributed by atoms with Gasteiger partial charge in [-0.15, -0.1) is 0 Å². The van der Waals surface area contributed by atoms with Crippen molar-refractivity contribution in [3.63, 3.8) is 0 Å². The van der Waals surface area contributed by atoms with Crippen molar-refractivity contribution >= 4 is 0 Å². The fourth-order valence-corrected chi connectivity index (χ4v) is 2.59. The van der Waals surface area contributed by atoms with E-state index in [2.05, 4.69) is 59.2 Å². The Kier molecular flexibility index (Phi) is 4.79. The Hall–Kier alpha value is -2.52. The van der Waals surface area contributed by atoms with Crippen LogP contribution in [0, 0.1) is 0 Å². The van der Waals surface area contributed by atoms with Crippen molar-refractivity contribution in [3.8, 4) is 11.3 Å². The number of rotatable bonds is 5. The van der Waals surface area contributed by atoms with Gasteiger partial charge < -0.3 is 0 Å². The quantitative estimate of drug-likeness (QED) is 0.702. The van der Waals surface area contributed by atoms with Crippen LogP contribution in [0.2, 0.25) is 0 Å². The minimum atomic E-state index is 0.284. The fourth-order valence-electron chi connectivity index (χ4n) is 2.59. The van der Waals surface area contributed by atoms with Crippen LogP contribution in [-0.2, 0) is 6.54 Å². The molecule has 1 aromatic carbocycles. The lowest BCUT2D eigenvalue weighted by Gasteiger charge is -2.24. The van der Waals surface area contributed by atoms with Gasteiger partial charge in [0.1, 0.15) is 0 Å². The summed E-state index contributed by atoms with van der Waals surface area (Å²) in [4.78, 5) is 11.1. The molecule has 3 nitrogen and oxygen atoms in total. The number of hydrogen-bond acceptors (Lipinski definition) is 3. The number of hydrogen-bond donors (Lipinski definition) is 0. The lowest BCUT2D eigenvalue weighted by atomic mass is 10.1. The summed E-state index contributed by atoms with van der Waals surface area (Å²) in [5.74, 6) is 0. The first-order valence-electron chi connectivity index (χ1n) is 7.85. The lowest BCUT2D eigenvalue weighted by molar-refractivity contribution is 0.248. The zero-order valence-electron chi connectivity index (χ0n) is 13.6. The van der Waals surface area contributed by atoms with Gasteiger partial charge in [0.2, 0.25) is 0 Å². The van der Waals surface area contributed by atoms with E-state index in [1.165, 1.54) is 5.56 Å². The maximum Gasteiger partial charge on any atom is 0.0701 e. The van der Waals surface area contributed by atoms with E-state index in [9.17, 15) is 0 Å². The van der Waals surface area contributed by atoms with E-state index in [-0.39, 0.29) is 6.04 Å². The lowest BCUT2D eigenvalue weighted by Crippen LogP contribution is -2.22. The third-order valence-corrected chi connectivity index (χ3v) is 4.12. The first kappa shape index (κ1) is 15.4. The van der Waals surface area contributed by atoms with Gasteiger partial charge in [-0.3, -0.25) is 14.9 Å². The molecule has 0 bridgehead atoms. The van der Waals surface area contributed by atoms with Gasteiger partial charge in [-0.2, -0.15) is 0 Å². The third-order valence-electron chi connectivity index (χ3n) is 4.12. The van der Waals surface area contributed by atoms with E-state index < -0.39 is 0 Å². The number of pyridine rings is 2. The Bertz CT molecular complexity index is 724. The second-order valence-electron chi connectivity index (χ2n) is 5.76. The average Bonchev–Trinajstić information content (AvgIpc) is 2.63. The average molecular weight is 303 g/mol. The molecule has 0 radical (unpaired) electrons. The van der Waals surface area contributed by atoms with E-state index in [4.69, 9.17) is 0 Å². The molecule has 3 rings (SSSR count). The van der Waals surface area contributed by atoms with Crippen LogP contribution in [0.15, 0.2) is 73.1 Å². The SMILES string of the molecule is C[C@@H](c1ccccn1)N(C)Cc1ccc(-c2ccccn2)cc1. The van der Waals surface area contributed by atoms with Gasteiger partial charge in [-0.05, 0) is 43.8 Å². The summed E-state index contributed by atoms with van der Waals surface area (Å²) in [5.41, 5.74) is 4.54. The van der Waals surface area contributed by atoms with E-state index in [0.717, 1.165) is 23.5 Å². The Morgan fingerprint density at radius 2 is 1.57 bits per heavy atom. The minimum absolute atomic E-state index is 0.284. The highest BCUT2D eigenvalue weighted by molar-refractivity contribution is 5.58. The van der Waals surface area contributed by atoms with Gasteiger partial charge in [0.25, 0.3) is 0 Å². The molecule has 0 spiro atoms. The van der Waals surface area contributed by atoms with Gasteiger partial charge in [0.05, 0.1) is 11.4 Å². The Labute approximate surface area is 137 Å². The van der Waals surface area contributed by atoms with Crippen LogP contribution in [0.3, 0.4) is 0 Å². The molecule has 0 aliphatic carbocycles. The molecule has 0 amide bonds. The Balaban J connectivity index is 1.68. The smallest absolute Gasteiger partial charge is 0.0701 e. The summed E-state index contributed by atoms with van der Waals surface area (Å²) in [6, 6.07) is 20.9.